The van der Waals surface area contributed by atoms with Gasteiger partial charge in [-0.1, -0.05) is 11.6 Å². The Balaban J connectivity index is 1.36. The van der Waals surface area contributed by atoms with Crippen molar-refractivity contribution in [3.8, 4) is 0 Å². The van der Waals surface area contributed by atoms with Crippen molar-refractivity contribution in [3.05, 3.63) is 62.5 Å². The molecule has 1 aromatic carbocycles. The van der Waals surface area contributed by atoms with Crippen molar-refractivity contribution in [3.63, 3.8) is 0 Å². The third-order valence-electron chi connectivity index (χ3n) is 5.01. The van der Waals surface area contributed by atoms with Crippen LogP contribution in [0.15, 0.2) is 46.2 Å². The topological polar surface area (TPSA) is 87.1 Å². The number of hydrogen-bond acceptors (Lipinski definition) is 6. The first kappa shape index (κ1) is 18.6. The summed E-state index contributed by atoms with van der Waals surface area (Å²) in [7, 11) is 0. The van der Waals surface area contributed by atoms with Gasteiger partial charge >= 0.3 is 5.69 Å². The highest BCUT2D eigenvalue weighted by Crippen LogP contribution is 2.13. The van der Waals surface area contributed by atoms with Gasteiger partial charge in [0.1, 0.15) is 0 Å². The van der Waals surface area contributed by atoms with Crippen LogP contribution in [0, 0.1) is 0 Å². The van der Waals surface area contributed by atoms with E-state index >= 15 is 0 Å². The minimum absolute atomic E-state index is 0.299. The van der Waals surface area contributed by atoms with Crippen LogP contribution < -0.4 is 16.1 Å². The Hall–Kier alpha value is -2.71. The van der Waals surface area contributed by atoms with Gasteiger partial charge in [0, 0.05) is 50.1 Å². The molecule has 8 nitrogen and oxygen atoms in total. The number of nitrogens with one attached hydrogen (secondary N) is 1. The fraction of sp³-hybridized carbons (Fsp3) is 0.368. The summed E-state index contributed by atoms with van der Waals surface area (Å²) < 4.78 is 1.26. The van der Waals surface area contributed by atoms with E-state index < -0.39 is 0 Å². The number of benzene rings is 1. The first-order valence-electron chi connectivity index (χ1n) is 9.28. The van der Waals surface area contributed by atoms with Crippen molar-refractivity contribution < 1.29 is 0 Å². The first-order chi connectivity index (χ1) is 13.6. The predicted molar refractivity (Wildman–Crippen MR) is 109 cm³/mol. The van der Waals surface area contributed by atoms with Crippen LogP contribution in [-0.4, -0.2) is 57.1 Å². The molecule has 0 saturated carbocycles. The second-order valence-electron chi connectivity index (χ2n) is 6.81. The highest BCUT2D eigenvalue weighted by molar-refractivity contribution is 6.31. The molecule has 0 amide bonds. The maximum absolute atomic E-state index is 12.6. The molecule has 1 saturated heterocycles. The molecule has 1 aliphatic rings. The lowest BCUT2D eigenvalue weighted by atomic mass is 10.2. The number of aromatic amines is 1. The van der Waals surface area contributed by atoms with Gasteiger partial charge < -0.3 is 9.88 Å². The van der Waals surface area contributed by atoms with E-state index in [0.717, 1.165) is 45.1 Å². The number of hydrogen-bond donors (Lipinski definition) is 1. The summed E-state index contributed by atoms with van der Waals surface area (Å²) in [4.78, 5) is 40.7. The van der Waals surface area contributed by atoms with E-state index in [1.165, 1.54) is 4.57 Å². The van der Waals surface area contributed by atoms with Crippen molar-refractivity contribution >= 4 is 28.5 Å². The third-order valence-corrected chi connectivity index (χ3v) is 5.24. The summed E-state index contributed by atoms with van der Waals surface area (Å²) in [5.41, 5.74) is -0.173. The lowest BCUT2D eigenvalue weighted by Crippen LogP contribution is -2.47. The fourth-order valence-electron chi connectivity index (χ4n) is 3.50. The maximum Gasteiger partial charge on any atom is 0.328 e. The Morgan fingerprint density at radius 3 is 2.54 bits per heavy atom. The number of rotatable bonds is 5. The second-order valence-corrected chi connectivity index (χ2v) is 7.24. The van der Waals surface area contributed by atoms with Crippen LogP contribution in [0.25, 0.3) is 10.9 Å². The minimum Gasteiger partial charge on any atom is -0.338 e. The monoisotopic (exact) mass is 400 g/mol. The molecule has 0 atom stereocenters. The quantitative estimate of drug-likeness (QED) is 0.695. The van der Waals surface area contributed by atoms with Gasteiger partial charge in [0.15, 0.2) is 0 Å². The van der Waals surface area contributed by atoms with Crippen LogP contribution in [0.4, 0.5) is 5.95 Å². The summed E-state index contributed by atoms with van der Waals surface area (Å²) in [6.07, 6.45) is 4.22. The van der Waals surface area contributed by atoms with Gasteiger partial charge in [-0.15, -0.1) is 0 Å². The van der Waals surface area contributed by atoms with Crippen LogP contribution in [0.5, 0.6) is 0 Å². The van der Waals surface area contributed by atoms with Crippen molar-refractivity contribution in [1.82, 2.24) is 24.4 Å². The molecule has 0 radical (unpaired) electrons. The molecule has 3 aromatic rings. The van der Waals surface area contributed by atoms with Gasteiger partial charge in [-0.25, -0.2) is 14.8 Å². The maximum atomic E-state index is 12.6. The Kier molecular flexibility index (Phi) is 5.40. The molecule has 4 rings (SSSR count). The van der Waals surface area contributed by atoms with Gasteiger partial charge in [-0.05, 0) is 37.2 Å². The number of fused-ring (bicyclic) bond motifs is 1. The van der Waals surface area contributed by atoms with Crippen molar-refractivity contribution in [2.24, 2.45) is 0 Å². The molecule has 0 spiro atoms. The van der Waals surface area contributed by atoms with Gasteiger partial charge in [0.2, 0.25) is 5.95 Å². The molecular weight excluding hydrogens is 380 g/mol. The van der Waals surface area contributed by atoms with Gasteiger partial charge in [-0.3, -0.25) is 14.3 Å². The second kappa shape index (κ2) is 8.12. The van der Waals surface area contributed by atoms with Crippen LogP contribution >= 0.6 is 11.6 Å². The fourth-order valence-corrected chi connectivity index (χ4v) is 3.68. The normalized spacial score (nSPS) is 15.2. The SMILES string of the molecule is O=c1[nH]c2ccc(Cl)cc2c(=O)n1CCCN1CCN(c2ncccn2)CC1. The molecular formula is C19H21ClN6O2. The van der Waals surface area contributed by atoms with E-state index in [1.54, 1.807) is 30.6 Å². The molecule has 3 heterocycles. The molecule has 1 fully saturated rings. The van der Waals surface area contributed by atoms with E-state index in [9.17, 15) is 9.59 Å². The largest absolute Gasteiger partial charge is 0.338 e. The van der Waals surface area contributed by atoms with E-state index in [1.807, 2.05) is 6.07 Å². The van der Waals surface area contributed by atoms with Crippen LogP contribution in [-0.2, 0) is 6.54 Å². The molecule has 1 aliphatic heterocycles. The Morgan fingerprint density at radius 2 is 1.79 bits per heavy atom. The number of anilines is 1. The molecule has 2 aromatic heterocycles. The smallest absolute Gasteiger partial charge is 0.328 e. The van der Waals surface area contributed by atoms with E-state index in [-0.39, 0.29) is 11.2 Å². The van der Waals surface area contributed by atoms with Crippen molar-refractivity contribution in [2.45, 2.75) is 13.0 Å². The van der Waals surface area contributed by atoms with Gasteiger partial charge in [0.05, 0.1) is 10.9 Å². The van der Waals surface area contributed by atoms with Crippen molar-refractivity contribution in [2.75, 3.05) is 37.6 Å². The van der Waals surface area contributed by atoms with Crippen LogP contribution in [0.2, 0.25) is 5.02 Å². The summed E-state index contributed by atoms with van der Waals surface area (Å²) in [5.74, 6) is 0.759. The standard InChI is InChI=1S/C19H21ClN6O2/c20-14-3-4-16-15(13-14)17(27)26(19(28)23-16)8-2-7-24-9-11-25(12-10-24)18-21-5-1-6-22-18/h1,3-6,13H,2,7-12H2,(H,23,28). The summed E-state index contributed by atoms with van der Waals surface area (Å²) in [6.45, 7) is 4.72. The Morgan fingerprint density at radius 1 is 1.04 bits per heavy atom. The number of nitrogens with zero attached hydrogens (tertiary/aromatic N) is 5. The molecule has 28 heavy (non-hydrogen) atoms. The van der Waals surface area contributed by atoms with Crippen LogP contribution in [0.3, 0.4) is 0 Å². The summed E-state index contributed by atoms with van der Waals surface area (Å²) >= 11 is 5.99. The molecule has 9 heteroatoms. The highest BCUT2D eigenvalue weighted by atomic mass is 35.5. The number of halogens is 1. The summed E-state index contributed by atoms with van der Waals surface area (Å²) in [5, 5.41) is 0.909. The van der Waals surface area contributed by atoms with Gasteiger partial charge in [-0.2, -0.15) is 0 Å². The Labute approximate surface area is 166 Å². The first-order valence-corrected chi connectivity index (χ1v) is 9.66. The zero-order valence-electron chi connectivity index (χ0n) is 15.3. The van der Waals surface area contributed by atoms with E-state index in [0.29, 0.717) is 22.5 Å². The molecule has 0 bridgehead atoms. The van der Waals surface area contributed by atoms with Gasteiger partial charge in [0.25, 0.3) is 5.56 Å². The average Bonchev–Trinajstić information content (AvgIpc) is 2.72. The molecule has 1 N–H and O–H groups in total. The van der Waals surface area contributed by atoms with Crippen LogP contribution in [0.1, 0.15) is 6.42 Å². The average molecular weight is 401 g/mol. The predicted octanol–water partition coefficient (Wildman–Crippen LogP) is 1.35. The lowest BCUT2D eigenvalue weighted by molar-refractivity contribution is 0.248. The number of aromatic nitrogens is 4. The van der Waals surface area contributed by atoms with Crippen molar-refractivity contribution in [1.29, 1.82) is 0 Å². The van der Waals surface area contributed by atoms with E-state index in [2.05, 4.69) is 24.8 Å². The number of piperazine rings is 1. The lowest BCUT2D eigenvalue weighted by Gasteiger charge is -2.34. The minimum atomic E-state index is -0.383. The third kappa shape index (κ3) is 3.93. The molecule has 146 valence electrons. The summed E-state index contributed by atoms with van der Waals surface area (Å²) in [6, 6.07) is 6.71. The molecule has 0 unspecified atom stereocenters. The van der Waals surface area contributed by atoms with E-state index in [4.69, 9.17) is 11.6 Å². The Bertz CT molecular complexity index is 1070. The zero-order chi connectivity index (χ0) is 19.5. The molecule has 0 aliphatic carbocycles. The highest BCUT2D eigenvalue weighted by Gasteiger charge is 2.18. The number of H-pyrrole nitrogens is 1. The zero-order valence-corrected chi connectivity index (χ0v) is 16.1.